The monoisotopic (exact) mass is 252 g/mol. The van der Waals surface area contributed by atoms with Crippen LogP contribution in [-0.4, -0.2) is 25.6 Å². The Bertz CT molecular complexity index is 471. The molecular formula is C12H16N2O4. The Morgan fingerprint density at radius 3 is 2.56 bits per heavy atom. The molecule has 0 saturated heterocycles. The van der Waals surface area contributed by atoms with Gasteiger partial charge in [-0.15, -0.1) is 0 Å². The Balaban J connectivity index is 3.29. The number of rotatable bonds is 4. The Morgan fingerprint density at radius 2 is 2.06 bits per heavy atom. The Morgan fingerprint density at radius 1 is 1.39 bits per heavy atom. The molecule has 6 nitrogen and oxygen atoms in total. The molecule has 6 heteroatoms. The van der Waals surface area contributed by atoms with Gasteiger partial charge >= 0.3 is 5.97 Å². The summed E-state index contributed by atoms with van der Waals surface area (Å²) in [6.45, 7) is 3.57. The highest BCUT2D eigenvalue weighted by atomic mass is 16.5. The number of amides is 1. The van der Waals surface area contributed by atoms with E-state index in [0.717, 1.165) is 0 Å². The van der Waals surface area contributed by atoms with E-state index in [0.29, 0.717) is 12.4 Å². The third kappa shape index (κ3) is 2.91. The lowest BCUT2D eigenvalue weighted by Gasteiger charge is -2.15. The van der Waals surface area contributed by atoms with Crippen molar-refractivity contribution in [2.45, 2.75) is 13.8 Å². The average Bonchev–Trinajstić information content (AvgIpc) is 2.33. The minimum absolute atomic E-state index is 0.128. The molecule has 0 aliphatic rings. The molecule has 0 fully saturated rings. The summed E-state index contributed by atoms with van der Waals surface area (Å²) >= 11 is 0. The lowest BCUT2D eigenvalue weighted by molar-refractivity contribution is -0.114. The van der Waals surface area contributed by atoms with Gasteiger partial charge in [0.25, 0.3) is 0 Å². The van der Waals surface area contributed by atoms with Gasteiger partial charge in [-0.1, -0.05) is 0 Å². The zero-order chi connectivity index (χ0) is 13.7. The van der Waals surface area contributed by atoms with E-state index in [9.17, 15) is 9.59 Å². The quantitative estimate of drug-likeness (QED) is 0.624. The van der Waals surface area contributed by atoms with Gasteiger partial charge in [0.1, 0.15) is 11.4 Å². The molecule has 1 aromatic rings. The molecule has 98 valence electrons. The molecule has 0 heterocycles. The van der Waals surface area contributed by atoms with Crippen LogP contribution >= 0.6 is 0 Å². The van der Waals surface area contributed by atoms with E-state index in [2.05, 4.69) is 10.1 Å². The van der Waals surface area contributed by atoms with Crippen molar-refractivity contribution >= 4 is 23.3 Å². The van der Waals surface area contributed by atoms with Crippen LogP contribution < -0.4 is 15.8 Å². The van der Waals surface area contributed by atoms with Crippen molar-refractivity contribution in [3.8, 4) is 5.75 Å². The molecule has 0 aliphatic heterocycles. The summed E-state index contributed by atoms with van der Waals surface area (Å²) in [5.74, 6) is -0.454. The topological polar surface area (TPSA) is 90.7 Å². The summed E-state index contributed by atoms with van der Waals surface area (Å²) in [6.07, 6.45) is 0. The smallest absolute Gasteiger partial charge is 0.340 e. The number of carbonyl (C=O) groups excluding carboxylic acids is 2. The van der Waals surface area contributed by atoms with Crippen LogP contribution in [0.4, 0.5) is 11.4 Å². The zero-order valence-corrected chi connectivity index (χ0v) is 10.6. The lowest BCUT2D eigenvalue weighted by atomic mass is 10.1. The van der Waals surface area contributed by atoms with E-state index < -0.39 is 5.97 Å². The molecule has 0 aliphatic carbocycles. The van der Waals surface area contributed by atoms with E-state index >= 15 is 0 Å². The van der Waals surface area contributed by atoms with Gasteiger partial charge in [-0.25, -0.2) is 4.79 Å². The minimum Gasteiger partial charge on any atom is -0.492 e. The average molecular weight is 252 g/mol. The molecule has 0 bridgehead atoms. The SMILES string of the molecule is CCOc1ccc(C(=O)OC)c(N)c1NC(C)=O. The Labute approximate surface area is 105 Å². The molecule has 0 unspecified atom stereocenters. The van der Waals surface area contributed by atoms with E-state index in [4.69, 9.17) is 10.5 Å². The molecule has 0 saturated carbocycles. The first-order chi connectivity index (χ1) is 8.51. The standard InChI is InChI=1S/C12H16N2O4/c1-4-18-9-6-5-8(12(16)17-3)10(13)11(9)14-7(2)15/h5-6H,4,13H2,1-3H3,(H,14,15). The second-order valence-electron chi connectivity index (χ2n) is 3.51. The maximum Gasteiger partial charge on any atom is 0.340 e. The molecule has 1 rings (SSSR count). The van der Waals surface area contributed by atoms with Crippen LogP contribution in [0.25, 0.3) is 0 Å². The van der Waals surface area contributed by atoms with Crippen LogP contribution in [0.15, 0.2) is 12.1 Å². The van der Waals surface area contributed by atoms with E-state index in [-0.39, 0.29) is 22.8 Å². The first kappa shape index (κ1) is 13.8. The van der Waals surface area contributed by atoms with Gasteiger partial charge in [0, 0.05) is 6.92 Å². The first-order valence-electron chi connectivity index (χ1n) is 5.42. The van der Waals surface area contributed by atoms with Crippen LogP contribution in [-0.2, 0) is 9.53 Å². The van der Waals surface area contributed by atoms with Crippen molar-refractivity contribution in [3.05, 3.63) is 17.7 Å². The van der Waals surface area contributed by atoms with Crippen molar-refractivity contribution in [1.82, 2.24) is 0 Å². The van der Waals surface area contributed by atoms with Gasteiger partial charge in [-0.05, 0) is 19.1 Å². The van der Waals surface area contributed by atoms with Gasteiger partial charge in [-0.2, -0.15) is 0 Å². The maximum atomic E-state index is 11.5. The van der Waals surface area contributed by atoms with Crippen LogP contribution in [0.3, 0.4) is 0 Å². The molecule has 1 amide bonds. The van der Waals surface area contributed by atoms with Crippen LogP contribution in [0.2, 0.25) is 0 Å². The van der Waals surface area contributed by atoms with Gasteiger partial charge in [0.15, 0.2) is 0 Å². The number of esters is 1. The second-order valence-corrected chi connectivity index (χ2v) is 3.51. The summed E-state index contributed by atoms with van der Waals surface area (Å²) < 4.78 is 9.94. The van der Waals surface area contributed by atoms with Crippen LogP contribution in [0, 0.1) is 0 Å². The van der Waals surface area contributed by atoms with Gasteiger partial charge in [0.05, 0.1) is 25.0 Å². The first-order valence-corrected chi connectivity index (χ1v) is 5.42. The molecule has 0 spiro atoms. The fourth-order valence-electron chi connectivity index (χ4n) is 1.47. The van der Waals surface area contributed by atoms with E-state index in [1.165, 1.54) is 20.1 Å². The van der Waals surface area contributed by atoms with Gasteiger partial charge < -0.3 is 20.5 Å². The molecule has 3 N–H and O–H groups in total. The third-order valence-electron chi connectivity index (χ3n) is 2.21. The normalized spacial score (nSPS) is 9.72. The predicted octanol–water partition coefficient (Wildman–Crippen LogP) is 1.41. The Hall–Kier alpha value is -2.24. The number of nitrogens with one attached hydrogen (secondary N) is 1. The highest BCUT2D eigenvalue weighted by molar-refractivity contribution is 6.03. The number of anilines is 2. The molecule has 18 heavy (non-hydrogen) atoms. The van der Waals surface area contributed by atoms with Crippen molar-refractivity contribution in [3.63, 3.8) is 0 Å². The lowest BCUT2D eigenvalue weighted by Crippen LogP contribution is -2.13. The summed E-state index contributed by atoms with van der Waals surface area (Å²) in [5, 5.41) is 2.55. The number of benzene rings is 1. The summed E-state index contributed by atoms with van der Waals surface area (Å²) in [4.78, 5) is 22.6. The molecule has 1 aromatic carbocycles. The number of hydrogen-bond acceptors (Lipinski definition) is 5. The number of carbonyl (C=O) groups is 2. The van der Waals surface area contributed by atoms with Crippen molar-refractivity contribution in [1.29, 1.82) is 0 Å². The predicted molar refractivity (Wildman–Crippen MR) is 67.7 cm³/mol. The number of hydrogen-bond donors (Lipinski definition) is 2. The van der Waals surface area contributed by atoms with Crippen molar-refractivity contribution < 1.29 is 19.1 Å². The van der Waals surface area contributed by atoms with E-state index in [1.54, 1.807) is 6.07 Å². The molecular weight excluding hydrogens is 236 g/mol. The van der Waals surface area contributed by atoms with Crippen molar-refractivity contribution in [2.75, 3.05) is 24.8 Å². The number of nitrogens with two attached hydrogens (primary N) is 1. The fraction of sp³-hybridized carbons (Fsp3) is 0.333. The molecule has 0 atom stereocenters. The minimum atomic E-state index is -0.567. The summed E-state index contributed by atoms with van der Waals surface area (Å²) in [6, 6.07) is 3.06. The summed E-state index contributed by atoms with van der Waals surface area (Å²) in [5.41, 5.74) is 6.44. The maximum absolute atomic E-state index is 11.5. The number of methoxy groups -OCH3 is 1. The third-order valence-corrected chi connectivity index (χ3v) is 2.21. The zero-order valence-electron chi connectivity index (χ0n) is 10.6. The largest absolute Gasteiger partial charge is 0.492 e. The molecule has 0 radical (unpaired) electrons. The van der Waals surface area contributed by atoms with Gasteiger partial charge in [0.2, 0.25) is 5.91 Å². The van der Waals surface area contributed by atoms with Gasteiger partial charge in [-0.3, -0.25) is 4.79 Å². The highest BCUT2D eigenvalue weighted by Crippen LogP contribution is 2.34. The van der Waals surface area contributed by atoms with Crippen LogP contribution in [0.5, 0.6) is 5.75 Å². The van der Waals surface area contributed by atoms with E-state index in [1.807, 2.05) is 6.92 Å². The summed E-state index contributed by atoms with van der Waals surface area (Å²) in [7, 11) is 1.26. The fourth-order valence-corrected chi connectivity index (χ4v) is 1.47. The van der Waals surface area contributed by atoms with Crippen molar-refractivity contribution in [2.24, 2.45) is 0 Å². The number of nitrogen functional groups attached to an aromatic ring is 1. The second kappa shape index (κ2) is 5.90. The van der Waals surface area contributed by atoms with Crippen LogP contribution in [0.1, 0.15) is 24.2 Å². The highest BCUT2D eigenvalue weighted by Gasteiger charge is 2.18. The number of ether oxygens (including phenoxy) is 2. The molecule has 0 aromatic heterocycles. The Kier molecular flexibility index (Phi) is 4.53.